The molecule has 0 spiro atoms. The lowest BCUT2D eigenvalue weighted by atomic mass is 9.91. The molecule has 4 rings (SSSR count). The fourth-order valence-electron chi connectivity index (χ4n) is 5.66. The standard InChI is InChI=1S/C30H36F8N4O5S/c1-28(2,3)47-27(45)41-17-29(4,46)15-22(41)26(44)42(20-6-8-21(9-7-20)48(34,35,36,37)38)24(18-5-10-23(31)39-16-18)25(43)40-19-11-13-30(32,33)14-12-19/h5-10,16,19,22,24,46H,11-15,17H2,1-4H3,(H,40,43)/t22-,24?,29-/m1/s1. The number of carbonyl (C=O) groups excluding carboxylic acids is 3. The van der Waals surface area contributed by atoms with Crippen LogP contribution in [0.4, 0.5) is 43.1 Å². The normalized spacial score (nSPS) is 23.9. The number of pyridine rings is 1. The average molecular weight is 717 g/mol. The third-order valence-electron chi connectivity index (χ3n) is 7.87. The summed E-state index contributed by atoms with van der Waals surface area (Å²) in [4.78, 5) is 44.4. The van der Waals surface area contributed by atoms with Gasteiger partial charge in [-0.05, 0) is 70.9 Å². The van der Waals surface area contributed by atoms with E-state index in [1.807, 2.05) is 0 Å². The van der Waals surface area contributed by atoms with Gasteiger partial charge in [0.2, 0.25) is 17.8 Å². The van der Waals surface area contributed by atoms with Gasteiger partial charge in [0.25, 0.3) is 5.91 Å². The fraction of sp³-hybridized carbons (Fsp3) is 0.533. The second-order valence-electron chi connectivity index (χ2n) is 13.5. The van der Waals surface area contributed by atoms with E-state index in [0.717, 1.165) is 23.2 Å². The van der Waals surface area contributed by atoms with Crippen LogP contribution in [0.25, 0.3) is 0 Å². The van der Waals surface area contributed by atoms with Crippen LogP contribution in [-0.2, 0) is 14.3 Å². The van der Waals surface area contributed by atoms with E-state index in [0.29, 0.717) is 17.0 Å². The van der Waals surface area contributed by atoms with Gasteiger partial charge in [0.15, 0.2) is 0 Å². The SMILES string of the molecule is CC(C)(C)OC(=O)N1C[C@](C)(O)C[C@@H]1C(=O)N(c1ccc(S(F)(F)(F)(F)F)cc1)C(C(=O)NC1CCC(F)(F)CC1)c1ccc(F)nc1. The summed E-state index contributed by atoms with van der Waals surface area (Å²) in [5.74, 6) is -6.18. The van der Waals surface area contributed by atoms with Gasteiger partial charge in [0.05, 0.1) is 12.1 Å². The van der Waals surface area contributed by atoms with Gasteiger partial charge in [-0.25, -0.2) is 18.6 Å². The quantitative estimate of drug-likeness (QED) is 0.228. The van der Waals surface area contributed by atoms with Gasteiger partial charge < -0.3 is 15.2 Å². The number of hydrogen-bond donors (Lipinski definition) is 2. The van der Waals surface area contributed by atoms with Crippen LogP contribution in [0, 0.1) is 5.95 Å². The first-order valence-corrected chi connectivity index (χ1v) is 16.8. The number of likely N-dealkylation sites (tertiary alicyclic amines) is 1. The molecular weight excluding hydrogens is 680 g/mol. The van der Waals surface area contributed by atoms with E-state index in [9.17, 15) is 52.1 Å². The summed E-state index contributed by atoms with van der Waals surface area (Å²) in [6.07, 6.45) is -2.12. The second-order valence-corrected chi connectivity index (χ2v) is 15.9. The van der Waals surface area contributed by atoms with Crippen molar-refractivity contribution < 1.29 is 56.8 Å². The molecule has 48 heavy (non-hydrogen) atoms. The van der Waals surface area contributed by atoms with Crippen LogP contribution in [-0.4, -0.2) is 68.7 Å². The van der Waals surface area contributed by atoms with Crippen LogP contribution >= 0.6 is 10.2 Å². The summed E-state index contributed by atoms with van der Waals surface area (Å²) in [7, 11) is -10.2. The number of rotatable bonds is 7. The van der Waals surface area contributed by atoms with Crippen molar-refractivity contribution in [2.75, 3.05) is 11.4 Å². The van der Waals surface area contributed by atoms with Crippen molar-refractivity contribution in [2.24, 2.45) is 0 Å². The Labute approximate surface area is 271 Å². The molecule has 268 valence electrons. The predicted molar refractivity (Wildman–Crippen MR) is 160 cm³/mol. The van der Waals surface area contributed by atoms with Crippen molar-refractivity contribution in [1.82, 2.24) is 15.2 Å². The molecule has 0 bridgehead atoms. The molecule has 1 unspecified atom stereocenters. The number of aromatic nitrogens is 1. The first kappa shape index (κ1) is 37.2. The third-order valence-corrected chi connectivity index (χ3v) is 9.03. The number of hydrogen-bond acceptors (Lipinski definition) is 6. The zero-order valence-electron chi connectivity index (χ0n) is 26.4. The van der Waals surface area contributed by atoms with Gasteiger partial charge in [0, 0.05) is 42.8 Å². The number of amides is 3. The predicted octanol–water partition coefficient (Wildman–Crippen LogP) is 7.41. The maximum Gasteiger partial charge on any atom is 0.411 e. The van der Waals surface area contributed by atoms with E-state index in [1.54, 1.807) is 0 Å². The summed E-state index contributed by atoms with van der Waals surface area (Å²) in [6, 6.07) is -1.38. The molecule has 18 heteroatoms. The van der Waals surface area contributed by atoms with Crippen molar-refractivity contribution in [1.29, 1.82) is 0 Å². The number of nitrogens with zero attached hydrogens (tertiary/aromatic N) is 3. The molecule has 1 aromatic carbocycles. The zero-order chi connectivity index (χ0) is 36.2. The molecule has 1 saturated carbocycles. The Morgan fingerprint density at radius 1 is 1.04 bits per heavy atom. The van der Waals surface area contributed by atoms with Crippen LogP contribution in [0.2, 0.25) is 0 Å². The summed E-state index contributed by atoms with van der Waals surface area (Å²) in [6.45, 7) is 5.46. The number of alkyl halides is 2. The Morgan fingerprint density at radius 3 is 2.12 bits per heavy atom. The fourth-order valence-corrected chi connectivity index (χ4v) is 6.31. The van der Waals surface area contributed by atoms with Crippen LogP contribution in [0.5, 0.6) is 0 Å². The lowest BCUT2D eigenvalue weighted by molar-refractivity contribution is -0.129. The van der Waals surface area contributed by atoms with Gasteiger partial charge in [-0.15, -0.1) is 0 Å². The van der Waals surface area contributed by atoms with Crippen molar-refractivity contribution in [3.8, 4) is 0 Å². The average Bonchev–Trinajstić information content (AvgIpc) is 3.26. The summed E-state index contributed by atoms with van der Waals surface area (Å²) in [5, 5.41) is 13.5. The highest BCUT2D eigenvalue weighted by atomic mass is 32.5. The van der Waals surface area contributed by atoms with Crippen LogP contribution in [0.3, 0.4) is 0 Å². The van der Waals surface area contributed by atoms with E-state index in [-0.39, 0.29) is 30.5 Å². The van der Waals surface area contributed by atoms with Crippen LogP contribution in [0.1, 0.15) is 71.4 Å². The third kappa shape index (κ3) is 9.06. The van der Waals surface area contributed by atoms with Crippen molar-refractivity contribution in [2.45, 2.75) is 99.9 Å². The molecule has 0 radical (unpaired) electrons. The number of halogens is 8. The molecule has 9 nitrogen and oxygen atoms in total. The van der Waals surface area contributed by atoms with E-state index in [2.05, 4.69) is 10.3 Å². The Morgan fingerprint density at radius 2 is 1.62 bits per heavy atom. The van der Waals surface area contributed by atoms with Crippen LogP contribution in [0.15, 0.2) is 47.5 Å². The number of nitrogens with one attached hydrogen (secondary N) is 1. The molecule has 1 aliphatic carbocycles. The smallest absolute Gasteiger partial charge is 0.411 e. The minimum Gasteiger partial charge on any atom is -0.444 e. The Balaban J connectivity index is 1.86. The van der Waals surface area contributed by atoms with Gasteiger partial charge >= 0.3 is 16.3 Å². The molecular formula is C30H36F8N4O5S. The van der Waals surface area contributed by atoms with Gasteiger partial charge in [-0.2, -0.15) is 4.39 Å². The largest absolute Gasteiger partial charge is 0.444 e. The first-order chi connectivity index (χ1) is 21.6. The molecule has 2 N–H and O–H groups in total. The van der Waals surface area contributed by atoms with Gasteiger partial charge in [0.1, 0.15) is 22.6 Å². The maximum absolute atomic E-state index is 14.5. The number of β-amino-alcohol motifs (C(OH)–C–C–N with tert-alkyl or cyclic N) is 1. The molecule has 1 saturated heterocycles. The summed E-state index contributed by atoms with van der Waals surface area (Å²) < 4.78 is 115. The molecule has 2 aromatic rings. The highest BCUT2D eigenvalue weighted by molar-refractivity contribution is 8.45. The number of ether oxygens (including phenoxy) is 1. The lowest BCUT2D eigenvalue weighted by Gasteiger charge is -2.41. The first-order valence-electron chi connectivity index (χ1n) is 14.8. The van der Waals surface area contributed by atoms with Crippen LogP contribution < -0.4 is 10.2 Å². The van der Waals surface area contributed by atoms with E-state index >= 15 is 0 Å². The zero-order valence-corrected chi connectivity index (χ0v) is 27.2. The Bertz CT molecular complexity index is 1540. The van der Waals surface area contributed by atoms with E-state index in [4.69, 9.17) is 4.74 Å². The number of aliphatic hydroxyl groups is 1. The minimum absolute atomic E-state index is 0.0225. The molecule has 2 aliphatic rings. The molecule has 1 aliphatic heterocycles. The highest BCUT2D eigenvalue weighted by Gasteiger charge is 2.65. The van der Waals surface area contributed by atoms with E-state index < -0.39 is 106 Å². The monoisotopic (exact) mass is 716 g/mol. The number of carbonyl (C=O) groups is 3. The minimum atomic E-state index is -10.2. The van der Waals surface area contributed by atoms with Crippen molar-refractivity contribution >= 4 is 33.8 Å². The second kappa shape index (κ2) is 11.7. The highest BCUT2D eigenvalue weighted by Crippen LogP contribution is 3.02. The van der Waals surface area contributed by atoms with Crippen molar-refractivity contribution in [3.05, 3.63) is 54.1 Å². The summed E-state index contributed by atoms with van der Waals surface area (Å²) >= 11 is 0. The molecule has 2 heterocycles. The number of benzene rings is 1. The van der Waals surface area contributed by atoms with Gasteiger partial charge in [-0.3, -0.25) is 19.4 Å². The van der Waals surface area contributed by atoms with E-state index in [1.165, 1.54) is 27.7 Å². The maximum atomic E-state index is 14.5. The Hall–Kier alpha value is -3.67. The van der Waals surface area contributed by atoms with Crippen molar-refractivity contribution in [3.63, 3.8) is 0 Å². The Kier molecular flexibility index (Phi) is 9.09. The topological polar surface area (TPSA) is 112 Å². The lowest BCUT2D eigenvalue weighted by Crippen LogP contribution is -2.54. The molecule has 2 fully saturated rings. The van der Waals surface area contributed by atoms with Gasteiger partial charge in [-0.1, -0.05) is 25.5 Å². The molecule has 1 aromatic heterocycles. The molecule has 3 amide bonds. The molecule has 3 atom stereocenters. The summed E-state index contributed by atoms with van der Waals surface area (Å²) in [5.41, 5.74) is -3.49. The number of anilines is 1.